The van der Waals surface area contributed by atoms with E-state index in [1.54, 1.807) is 17.7 Å². The van der Waals surface area contributed by atoms with E-state index in [2.05, 4.69) is 11.4 Å². The fourth-order valence-corrected chi connectivity index (χ4v) is 3.81. The van der Waals surface area contributed by atoms with Crippen LogP contribution in [0.25, 0.3) is 0 Å². The highest BCUT2D eigenvalue weighted by Gasteiger charge is 2.35. The van der Waals surface area contributed by atoms with Gasteiger partial charge in [-0.3, -0.25) is 4.79 Å². The second-order valence-electron chi connectivity index (χ2n) is 6.31. The zero-order chi connectivity index (χ0) is 18.0. The monoisotopic (exact) mass is 400 g/mol. The van der Waals surface area contributed by atoms with E-state index < -0.39 is 0 Å². The third kappa shape index (κ3) is 3.82. The van der Waals surface area contributed by atoms with Gasteiger partial charge in [-0.2, -0.15) is 0 Å². The van der Waals surface area contributed by atoms with Crippen LogP contribution in [0.4, 0.5) is 0 Å². The minimum absolute atomic E-state index is 0.197. The molecular weight excluding hydrogens is 383 g/mol. The number of rotatable bonds is 4. The standard InChI is InChI=1S/C18H19Cl3N2O2/c1-23-15(10-14(20)16(23)21)17(24)22-11-18(5-7-25-8-6-18)12-3-2-4-13(19)9-12/h2-4,9-10H,5-8,11H2,1H3,(H,22,24). The number of hydrogen-bond acceptors (Lipinski definition) is 2. The van der Waals surface area contributed by atoms with Gasteiger partial charge < -0.3 is 14.6 Å². The summed E-state index contributed by atoms with van der Waals surface area (Å²) in [6.45, 7) is 1.81. The molecule has 2 heterocycles. The number of nitrogens with zero attached hydrogens (tertiary/aromatic N) is 1. The molecule has 7 heteroatoms. The lowest BCUT2D eigenvalue weighted by molar-refractivity contribution is 0.0486. The molecule has 0 aliphatic carbocycles. The third-order valence-corrected chi connectivity index (χ3v) is 5.90. The summed E-state index contributed by atoms with van der Waals surface area (Å²) in [4.78, 5) is 12.6. The van der Waals surface area contributed by atoms with Crippen molar-refractivity contribution in [2.75, 3.05) is 19.8 Å². The predicted molar refractivity (Wildman–Crippen MR) is 101 cm³/mol. The van der Waals surface area contributed by atoms with E-state index in [4.69, 9.17) is 39.5 Å². The second kappa shape index (κ2) is 7.58. The highest BCUT2D eigenvalue weighted by molar-refractivity contribution is 6.41. The molecule has 1 aliphatic rings. The summed E-state index contributed by atoms with van der Waals surface area (Å²) in [5, 5.41) is 4.44. The topological polar surface area (TPSA) is 43.3 Å². The summed E-state index contributed by atoms with van der Waals surface area (Å²) in [7, 11) is 1.71. The van der Waals surface area contributed by atoms with E-state index >= 15 is 0 Å². The second-order valence-corrected chi connectivity index (χ2v) is 7.51. The molecular formula is C18H19Cl3N2O2. The van der Waals surface area contributed by atoms with Crippen LogP contribution < -0.4 is 5.32 Å². The normalized spacial score (nSPS) is 16.6. The maximum atomic E-state index is 12.6. The molecule has 2 aromatic rings. The smallest absolute Gasteiger partial charge is 0.268 e. The van der Waals surface area contributed by atoms with Crippen molar-refractivity contribution in [2.24, 2.45) is 7.05 Å². The molecule has 3 rings (SSSR count). The average molecular weight is 402 g/mol. The average Bonchev–Trinajstić information content (AvgIpc) is 2.88. The Labute approximate surface area is 162 Å². The molecule has 0 unspecified atom stereocenters. The molecule has 134 valence electrons. The first-order chi connectivity index (χ1) is 11.9. The lowest BCUT2D eigenvalue weighted by Gasteiger charge is -2.38. The van der Waals surface area contributed by atoms with Crippen LogP contribution in [0.5, 0.6) is 0 Å². The Morgan fingerprint density at radius 1 is 1.24 bits per heavy atom. The Bertz CT molecular complexity index is 783. The largest absolute Gasteiger partial charge is 0.381 e. The summed E-state index contributed by atoms with van der Waals surface area (Å²) in [5.74, 6) is -0.204. The molecule has 1 aromatic heterocycles. The number of hydrogen-bond donors (Lipinski definition) is 1. The first kappa shape index (κ1) is 18.6. The van der Waals surface area contributed by atoms with Gasteiger partial charge in [0, 0.05) is 37.2 Å². The molecule has 1 fully saturated rings. The SMILES string of the molecule is Cn1c(C(=O)NCC2(c3cccc(Cl)c3)CCOCC2)cc(Cl)c1Cl. The minimum atomic E-state index is -0.204. The Morgan fingerprint density at radius 2 is 1.96 bits per heavy atom. The van der Waals surface area contributed by atoms with Crippen molar-refractivity contribution < 1.29 is 9.53 Å². The Balaban J connectivity index is 1.81. The van der Waals surface area contributed by atoms with E-state index in [1.807, 2.05) is 18.2 Å². The Hall–Kier alpha value is -1.20. The predicted octanol–water partition coefficient (Wildman–Crippen LogP) is 4.46. The molecule has 25 heavy (non-hydrogen) atoms. The zero-order valence-corrected chi connectivity index (χ0v) is 16.1. The van der Waals surface area contributed by atoms with Gasteiger partial charge >= 0.3 is 0 Å². The molecule has 0 spiro atoms. The van der Waals surface area contributed by atoms with Gasteiger partial charge in [0.1, 0.15) is 10.8 Å². The molecule has 1 amide bonds. The highest BCUT2D eigenvalue weighted by Crippen LogP contribution is 2.35. The minimum Gasteiger partial charge on any atom is -0.381 e. The molecule has 0 saturated carbocycles. The Kier molecular flexibility index (Phi) is 5.64. The van der Waals surface area contributed by atoms with Gasteiger partial charge in [-0.25, -0.2) is 0 Å². The Morgan fingerprint density at radius 3 is 2.56 bits per heavy atom. The van der Waals surface area contributed by atoms with Gasteiger partial charge in [0.2, 0.25) is 0 Å². The molecule has 0 bridgehead atoms. The quantitative estimate of drug-likeness (QED) is 0.822. The molecule has 1 N–H and O–H groups in total. The molecule has 1 aromatic carbocycles. The number of ether oxygens (including phenoxy) is 1. The fraction of sp³-hybridized carbons (Fsp3) is 0.389. The van der Waals surface area contributed by atoms with Gasteiger partial charge in [0.05, 0.1) is 5.02 Å². The van der Waals surface area contributed by atoms with Crippen molar-refractivity contribution in [1.82, 2.24) is 9.88 Å². The van der Waals surface area contributed by atoms with Crippen molar-refractivity contribution in [3.8, 4) is 0 Å². The summed E-state index contributed by atoms with van der Waals surface area (Å²) < 4.78 is 7.10. The highest BCUT2D eigenvalue weighted by atomic mass is 35.5. The van der Waals surface area contributed by atoms with Crippen LogP contribution in [-0.4, -0.2) is 30.2 Å². The number of carbonyl (C=O) groups is 1. The van der Waals surface area contributed by atoms with Crippen LogP contribution >= 0.6 is 34.8 Å². The fourth-order valence-electron chi connectivity index (χ4n) is 3.25. The van der Waals surface area contributed by atoms with Crippen LogP contribution in [0.1, 0.15) is 28.9 Å². The summed E-state index contributed by atoms with van der Waals surface area (Å²) in [6.07, 6.45) is 1.64. The number of halogens is 3. The van der Waals surface area contributed by atoms with E-state index in [9.17, 15) is 4.79 Å². The third-order valence-electron chi connectivity index (χ3n) is 4.82. The van der Waals surface area contributed by atoms with Crippen molar-refractivity contribution in [2.45, 2.75) is 18.3 Å². The van der Waals surface area contributed by atoms with Crippen molar-refractivity contribution >= 4 is 40.7 Å². The van der Waals surface area contributed by atoms with Gasteiger partial charge in [-0.15, -0.1) is 0 Å². The number of amides is 1. The summed E-state index contributed by atoms with van der Waals surface area (Å²) in [6, 6.07) is 9.39. The first-order valence-corrected chi connectivity index (χ1v) is 9.19. The number of benzene rings is 1. The summed E-state index contributed by atoms with van der Waals surface area (Å²) >= 11 is 18.2. The van der Waals surface area contributed by atoms with Crippen LogP contribution in [0, 0.1) is 0 Å². The van der Waals surface area contributed by atoms with Crippen LogP contribution in [0.3, 0.4) is 0 Å². The number of carbonyl (C=O) groups excluding carboxylic acids is 1. The molecule has 4 nitrogen and oxygen atoms in total. The van der Waals surface area contributed by atoms with Crippen molar-refractivity contribution in [1.29, 1.82) is 0 Å². The van der Waals surface area contributed by atoms with Crippen LogP contribution in [0.2, 0.25) is 15.2 Å². The van der Waals surface area contributed by atoms with Crippen molar-refractivity contribution in [3.05, 3.63) is 56.8 Å². The van der Waals surface area contributed by atoms with E-state index in [1.165, 1.54) is 0 Å². The van der Waals surface area contributed by atoms with Gasteiger partial charge in [0.25, 0.3) is 5.91 Å². The van der Waals surface area contributed by atoms with E-state index in [0.29, 0.717) is 40.7 Å². The van der Waals surface area contributed by atoms with Gasteiger partial charge in [-0.1, -0.05) is 46.9 Å². The van der Waals surface area contributed by atoms with Gasteiger partial charge in [0.15, 0.2) is 0 Å². The van der Waals surface area contributed by atoms with Crippen LogP contribution in [-0.2, 0) is 17.2 Å². The van der Waals surface area contributed by atoms with E-state index in [-0.39, 0.29) is 11.3 Å². The summed E-state index contributed by atoms with van der Waals surface area (Å²) in [5.41, 5.74) is 1.35. The lowest BCUT2D eigenvalue weighted by Crippen LogP contribution is -2.44. The number of nitrogens with one attached hydrogen (secondary N) is 1. The van der Waals surface area contributed by atoms with E-state index in [0.717, 1.165) is 18.4 Å². The maximum absolute atomic E-state index is 12.6. The lowest BCUT2D eigenvalue weighted by atomic mass is 9.74. The molecule has 1 aliphatic heterocycles. The maximum Gasteiger partial charge on any atom is 0.268 e. The van der Waals surface area contributed by atoms with Gasteiger partial charge in [-0.05, 0) is 36.6 Å². The number of aromatic nitrogens is 1. The van der Waals surface area contributed by atoms with Crippen molar-refractivity contribution in [3.63, 3.8) is 0 Å². The molecule has 0 atom stereocenters. The first-order valence-electron chi connectivity index (χ1n) is 8.06. The van der Waals surface area contributed by atoms with Crippen LogP contribution in [0.15, 0.2) is 30.3 Å². The molecule has 0 radical (unpaired) electrons. The molecule has 1 saturated heterocycles. The zero-order valence-electron chi connectivity index (χ0n) is 13.8.